The SMILES string of the molecule is Cn1ccc(NC(=O)COc2ccc3ccccc3c2Br)n1. The van der Waals surface area contributed by atoms with Crippen LogP contribution in [-0.4, -0.2) is 22.3 Å². The molecule has 0 spiro atoms. The van der Waals surface area contributed by atoms with Gasteiger partial charge in [0.15, 0.2) is 12.4 Å². The van der Waals surface area contributed by atoms with E-state index in [1.54, 1.807) is 24.0 Å². The van der Waals surface area contributed by atoms with Gasteiger partial charge in [0, 0.05) is 19.3 Å². The summed E-state index contributed by atoms with van der Waals surface area (Å²) in [7, 11) is 1.79. The number of hydrogen-bond donors (Lipinski definition) is 1. The Balaban J connectivity index is 1.68. The molecule has 1 amide bonds. The number of amides is 1. The van der Waals surface area contributed by atoms with Crippen molar-refractivity contribution in [2.75, 3.05) is 11.9 Å². The first-order chi connectivity index (χ1) is 10.6. The van der Waals surface area contributed by atoms with Crippen LogP contribution in [0, 0.1) is 0 Å². The average molecular weight is 360 g/mol. The summed E-state index contributed by atoms with van der Waals surface area (Å²) in [5, 5.41) is 8.92. The summed E-state index contributed by atoms with van der Waals surface area (Å²) in [4.78, 5) is 11.9. The third-order valence-corrected chi connectivity index (χ3v) is 3.99. The van der Waals surface area contributed by atoms with E-state index in [9.17, 15) is 4.79 Å². The van der Waals surface area contributed by atoms with Crippen molar-refractivity contribution in [1.29, 1.82) is 0 Å². The van der Waals surface area contributed by atoms with Gasteiger partial charge in [-0.05, 0) is 32.8 Å². The van der Waals surface area contributed by atoms with Crippen LogP contribution >= 0.6 is 15.9 Å². The minimum absolute atomic E-state index is 0.0759. The van der Waals surface area contributed by atoms with Gasteiger partial charge in [0.25, 0.3) is 5.91 Å². The van der Waals surface area contributed by atoms with E-state index in [-0.39, 0.29) is 12.5 Å². The molecule has 3 aromatic rings. The Morgan fingerprint density at radius 2 is 2.09 bits per heavy atom. The number of anilines is 1. The number of hydrogen-bond acceptors (Lipinski definition) is 3. The zero-order valence-corrected chi connectivity index (χ0v) is 13.5. The smallest absolute Gasteiger partial charge is 0.263 e. The molecule has 0 unspecified atom stereocenters. The maximum Gasteiger partial charge on any atom is 0.263 e. The standard InChI is InChI=1S/C16H14BrN3O2/c1-20-9-8-14(19-20)18-15(21)10-22-13-7-6-11-4-2-3-5-12(11)16(13)17/h2-9H,10H2,1H3,(H,18,19,21). The van der Waals surface area contributed by atoms with Gasteiger partial charge >= 0.3 is 0 Å². The largest absolute Gasteiger partial charge is 0.483 e. The van der Waals surface area contributed by atoms with Crippen LogP contribution in [-0.2, 0) is 11.8 Å². The third kappa shape index (κ3) is 3.12. The zero-order chi connectivity index (χ0) is 15.5. The van der Waals surface area contributed by atoms with Crippen LogP contribution in [0.4, 0.5) is 5.82 Å². The monoisotopic (exact) mass is 359 g/mol. The zero-order valence-electron chi connectivity index (χ0n) is 11.9. The number of benzene rings is 2. The van der Waals surface area contributed by atoms with Crippen molar-refractivity contribution in [1.82, 2.24) is 9.78 Å². The fraction of sp³-hybridized carbons (Fsp3) is 0.125. The summed E-state index contributed by atoms with van der Waals surface area (Å²) in [5.74, 6) is 0.891. The highest BCUT2D eigenvalue weighted by Gasteiger charge is 2.09. The number of aryl methyl sites for hydroxylation is 1. The second kappa shape index (κ2) is 6.19. The molecule has 22 heavy (non-hydrogen) atoms. The third-order valence-electron chi connectivity index (χ3n) is 3.17. The van der Waals surface area contributed by atoms with Crippen molar-refractivity contribution in [3.63, 3.8) is 0 Å². The van der Waals surface area contributed by atoms with E-state index in [4.69, 9.17) is 4.74 Å². The van der Waals surface area contributed by atoms with E-state index in [0.29, 0.717) is 11.6 Å². The fourth-order valence-corrected chi connectivity index (χ4v) is 2.74. The van der Waals surface area contributed by atoms with E-state index in [2.05, 4.69) is 26.3 Å². The summed E-state index contributed by atoms with van der Waals surface area (Å²) in [5.41, 5.74) is 0. The second-order valence-corrected chi connectivity index (χ2v) is 5.60. The molecule has 0 aliphatic heterocycles. The Labute approximate surface area is 136 Å². The van der Waals surface area contributed by atoms with Gasteiger partial charge in [-0.3, -0.25) is 9.48 Å². The minimum Gasteiger partial charge on any atom is -0.483 e. The number of ether oxygens (including phenoxy) is 1. The first-order valence-electron chi connectivity index (χ1n) is 6.73. The molecule has 0 bridgehead atoms. The fourth-order valence-electron chi connectivity index (χ4n) is 2.13. The predicted octanol–water partition coefficient (Wildman–Crippen LogP) is 3.35. The lowest BCUT2D eigenvalue weighted by molar-refractivity contribution is -0.118. The van der Waals surface area contributed by atoms with Gasteiger partial charge in [-0.2, -0.15) is 5.10 Å². The Hall–Kier alpha value is -2.34. The number of halogens is 1. The highest BCUT2D eigenvalue weighted by molar-refractivity contribution is 9.10. The summed E-state index contributed by atoms with van der Waals surface area (Å²) >= 11 is 3.53. The maximum atomic E-state index is 11.9. The van der Waals surface area contributed by atoms with Crippen LogP contribution in [0.5, 0.6) is 5.75 Å². The van der Waals surface area contributed by atoms with Crippen molar-refractivity contribution < 1.29 is 9.53 Å². The van der Waals surface area contributed by atoms with Gasteiger partial charge in [-0.25, -0.2) is 0 Å². The quantitative estimate of drug-likeness (QED) is 0.776. The van der Waals surface area contributed by atoms with Gasteiger partial charge in [0.1, 0.15) is 5.75 Å². The molecular formula is C16H14BrN3O2. The van der Waals surface area contributed by atoms with E-state index in [1.165, 1.54) is 0 Å². The van der Waals surface area contributed by atoms with Crippen molar-refractivity contribution in [2.24, 2.45) is 7.05 Å². The summed E-state index contributed by atoms with van der Waals surface area (Å²) in [6.45, 7) is -0.0759. The van der Waals surface area contributed by atoms with Crippen molar-refractivity contribution in [3.8, 4) is 5.75 Å². The first kappa shape index (κ1) is 14.6. The summed E-state index contributed by atoms with van der Waals surface area (Å²) < 4.78 is 8.06. The summed E-state index contributed by atoms with van der Waals surface area (Å²) in [6.07, 6.45) is 1.76. The number of nitrogens with zero attached hydrogens (tertiary/aromatic N) is 2. The number of carbonyl (C=O) groups excluding carboxylic acids is 1. The lowest BCUT2D eigenvalue weighted by atomic mass is 10.1. The number of rotatable bonds is 4. The van der Waals surface area contributed by atoms with Gasteiger partial charge in [0.2, 0.25) is 0 Å². The molecule has 2 aromatic carbocycles. The lowest BCUT2D eigenvalue weighted by Gasteiger charge is -2.10. The Bertz CT molecular complexity index is 829. The molecule has 1 heterocycles. The van der Waals surface area contributed by atoms with Gasteiger partial charge in [-0.1, -0.05) is 30.3 Å². The first-order valence-corrected chi connectivity index (χ1v) is 7.52. The van der Waals surface area contributed by atoms with E-state index in [1.807, 2.05) is 36.4 Å². The molecule has 0 aliphatic rings. The number of fused-ring (bicyclic) bond motifs is 1. The maximum absolute atomic E-state index is 11.9. The molecule has 5 nitrogen and oxygen atoms in total. The topological polar surface area (TPSA) is 56.2 Å². The molecular weight excluding hydrogens is 346 g/mol. The lowest BCUT2D eigenvalue weighted by Crippen LogP contribution is -2.20. The molecule has 1 aromatic heterocycles. The van der Waals surface area contributed by atoms with Crippen LogP contribution in [0.15, 0.2) is 53.1 Å². The molecule has 6 heteroatoms. The van der Waals surface area contributed by atoms with Crippen LogP contribution in [0.3, 0.4) is 0 Å². The summed E-state index contributed by atoms with van der Waals surface area (Å²) in [6, 6.07) is 13.5. The molecule has 0 aliphatic carbocycles. The van der Waals surface area contributed by atoms with E-state index in [0.717, 1.165) is 15.2 Å². The number of carbonyl (C=O) groups is 1. The normalized spacial score (nSPS) is 10.6. The molecule has 112 valence electrons. The van der Waals surface area contributed by atoms with Crippen molar-refractivity contribution in [3.05, 3.63) is 53.1 Å². The van der Waals surface area contributed by atoms with Crippen LogP contribution in [0.2, 0.25) is 0 Å². The Morgan fingerprint density at radius 3 is 2.86 bits per heavy atom. The molecule has 3 rings (SSSR count). The molecule has 0 radical (unpaired) electrons. The minimum atomic E-state index is -0.251. The van der Waals surface area contributed by atoms with Crippen LogP contribution in [0.1, 0.15) is 0 Å². The number of nitrogens with one attached hydrogen (secondary N) is 1. The van der Waals surface area contributed by atoms with E-state index < -0.39 is 0 Å². The van der Waals surface area contributed by atoms with Gasteiger partial charge in [0.05, 0.1) is 4.47 Å². The highest BCUT2D eigenvalue weighted by atomic mass is 79.9. The molecule has 0 saturated heterocycles. The van der Waals surface area contributed by atoms with Crippen LogP contribution < -0.4 is 10.1 Å². The van der Waals surface area contributed by atoms with Crippen LogP contribution in [0.25, 0.3) is 10.8 Å². The van der Waals surface area contributed by atoms with Crippen molar-refractivity contribution >= 4 is 38.4 Å². The van der Waals surface area contributed by atoms with Gasteiger partial charge < -0.3 is 10.1 Å². The Kier molecular flexibility index (Phi) is 4.11. The average Bonchev–Trinajstić information content (AvgIpc) is 2.92. The molecule has 1 N–H and O–H groups in total. The second-order valence-electron chi connectivity index (χ2n) is 4.81. The highest BCUT2D eigenvalue weighted by Crippen LogP contribution is 2.32. The Morgan fingerprint density at radius 1 is 1.27 bits per heavy atom. The molecule has 0 saturated carbocycles. The van der Waals surface area contributed by atoms with E-state index >= 15 is 0 Å². The number of aromatic nitrogens is 2. The van der Waals surface area contributed by atoms with Crippen molar-refractivity contribution in [2.45, 2.75) is 0 Å². The van der Waals surface area contributed by atoms with Gasteiger partial charge in [-0.15, -0.1) is 0 Å². The predicted molar refractivity (Wildman–Crippen MR) is 89.0 cm³/mol. The molecule has 0 atom stereocenters. The molecule has 0 fully saturated rings.